The molecule has 5 heteroatoms. The summed E-state index contributed by atoms with van der Waals surface area (Å²) in [6.45, 7) is 1.08. The van der Waals surface area contributed by atoms with Gasteiger partial charge in [-0.15, -0.1) is 0 Å². The van der Waals surface area contributed by atoms with Crippen LogP contribution in [0.4, 0.5) is 0 Å². The van der Waals surface area contributed by atoms with Crippen LogP contribution in [0.25, 0.3) is 6.08 Å². The molecule has 136 valence electrons. The van der Waals surface area contributed by atoms with Crippen molar-refractivity contribution in [3.63, 3.8) is 0 Å². The Bertz CT molecular complexity index is 800. The van der Waals surface area contributed by atoms with Crippen LogP contribution in [0.5, 0.6) is 11.5 Å². The zero-order valence-corrected chi connectivity index (χ0v) is 15.0. The van der Waals surface area contributed by atoms with Crippen molar-refractivity contribution in [1.82, 2.24) is 5.32 Å². The van der Waals surface area contributed by atoms with E-state index in [4.69, 9.17) is 14.2 Å². The highest BCUT2D eigenvalue weighted by Gasteiger charge is 2.18. The summed E-state index contributed by atoms with van der Waals surface area (Å²) in [4.78, 5) is 12.1. The molecule has 1 heterocycles. The van der Waals surface area contributed by atoms with Gasteiger partial charge in [0.05, 0.1) is 26.9 Å². The van der Waals surface area contributed by atoms with Crippen molar-refractivity contribution >= 4 is 12.0 Å². The van der Waals surface area contributed by atoms with E-state index in [0.29, 0.717) is 24.7 Å². The lowest BCUT2D eigenvalue weighted by Gasteiger charge is -2.25. The third kappa shape index (κ3) is 4.43. The zero-order chi connectivity index (χ0) is 18.4. The van der Waals surface area contributed by atoms with Crippen LogP contribution in [-0.4, -0.2) is 32.8 Å². The molecule has 0 spiro atoms. The minimum Gasteiger partial charge on any atom is -0.493 e. The van der Waals surface area contributed by atoms with Crippen molar-refractivity contribution in [2.45, 2.75) is 19.1 Å². The largest absolute Gasteiger partial charge is 0.493 e. The summed E-state index contributed by atoms with van der Waals surface area (Å²) in [7, 11) is 3.17. The van der Waals surface area contributed by atoms with Crippen LogP contribution >= 0.6 is 0 Å². The first kappa shape index (κ1) is 18.0. The lowest BCUT2D eigenvalue weighted by atomic mass is 9.99. The maximum Gasteiger partial charge on any atom is 0.244 e. The van der Waals surface area contributed by atoms with Gasteiger partial charge in [0.15, 0.2) is 11.5 Å². The molecule has 2 aromatic rings. The summed E-state index contributed by atoms with van der Waals surface area (Å²) in [6, 6.07) is 13.7. The van der Waals surface area contributed by atoms with Gasteiger partial charge < -0.3 is 19.5 Å². The second kappa shape index (κ2) is 8.54. The highest BCUT2D eigenvalue weighted by molar-refractivity contribution is 5.91. The van der Waals surface area contributed by atoms with Gasteiger partial charge in [-0.05, 0) is 34.9 Å². The molecule has 0 fully saturated rings. The Labute approximate surface area is 153 Å². The molecule has 1 unspecified atom stereocenters. The van der Waals surface area contributed by atoms with Crippen LogP contribution in [0, 0.1) is 0 Å². The molecule has 1 aliphatic heterocycles. The minimum absolute atomic E-state index is 0.00308. The predicted molar refractivity (Wildman–Crippen MR) is 100 cm³/mol. The molecule has 0 saturated heterocycles. The van der Waals surface area contributed by atoms with Crippen LogP contribution in [0.3, 0.4) is 0 Å². The normalized spacial score (nSPS) is 16.2. The summed E-state index contributed by atoms with van der Waals surface area (Å²) in [5, 5.41) is 2.90. The first-order chi connectivity index (χ1) is 12.7. The van der Waals surface area contributed by atoms with Crippen LogP contribution in [0.15, 0.2) is 48.5 Å². The van der Waals surface area contributed by atoms with Crippen LogP contribution in [0.2, 0.25) is 0 Å². The lowest BCUT2D eigenvalue weighted by Crippen LogP contribution is -2.36. The van der Waals surface area contributed by atoms with Gasteiger partial charge >= 0.3 is 0 Å². The Balaban J connectivity index is 1.52. The van der Waals surface area contributed by atoms with E-state index in [2.05, 4.69) is 17.4 Å². The van der Waals surface area contributed by atoms with Gasteiger partial charge in [0.2, 0.25) is 5.91 Å². The molecular formula is C21H23NO4. The second-order valence-corrected chi connectivity index (χ2v) is 6.10. The number of hydrogen-bond donors (Lipinski definition) is 1. The molecule has 3 rings (SSSR count). The average Bonchev–Trinajstić information content (AvgIpc) is 2.70. The number of benzene rings is 2. The predicted octanol–water partition coefficient (Wildman–Crippen LogP) is 2.97. The van der Waals surface area contributed by atoms with E-state index < -0.39 is 0 Å². The smallest absolute Gasteiger partial charge is 0.244 e. The van der Waals surface area contributed by atoms with E-state index in [1.165, 1.54) is 17.2 Å². The Morgan fingerprint density at radius 3 is 2.69 bits per heavy atom. The van der Waals surface area contributed by atoms with E-state index in [9.17, 15) is 4.79 Å². The van der Waals surface area contributed by atoms with E-state index in [0.717, 1.165) is 12.0 Å². The lowest BCUT2D eigenvalue weighted by molar-refractivity contribution is -0.117. The Hall–Kier alpha value is -2.79. The summed E-state index contributed by atoms with van der Waals surface area (Å²) in [5.74, 6) is 1.13. The number of carbonyl (C=O) groups excluding carboxylic acids is 1. The van der Waals surface area contributed by atoms with E-state index in [1.54, 1.807) is 20.3 Å². The second-order valence-electron chi connectivity index (χ2n) is 6.10. The fraction of sp³-hybridized carbons (Fsp3) is 0.286. The number of carbonyl (C=O) groups is 1. The number of nitrogens with one attached hydrogen (secondary N) is 1. The molecule has 0 radical (unpaired) electrons. The van der Waals surface area contributed by atoms with Gasteiger partial charge in [0, 0.05) is 19.0 Å². The Morgan fingerprint density at radius 2 is 1.92 bits per heavy atom. The zero-order valence-electron chi connectivity index (χ0n) is 15.0. The van der Waals surface area contributed by atoms with Gasteiger partial charge in [0.25, 0.3) is 0 Å². The number of hydrogen-bond acceptors (Lipinski definition) is 4. The molecule has 5 nitrogen and oxygen atoms in total. The molecule has 1 N–H and O–H groups in total. The van der Waals surface area contributed by atoms with Crippen molar-refractivity contribution in [2.24, 2.45) is 0 Å². The fourth-order valence-electron chi connectivity index (χ4n) is 2.94. The molecule has 1 amide bonds. The topological polar surface area (TPSA) is 56.8 Å². The van der Waals surface area contributed by atoms with Gasteiger partial charge in [-0.25, -0.2) is 0 Å². The number of ether oxygens (including phenoxy) is 3. The van der Waals surface area contributed by atoms with Crippen molar-refractivity contribution in [3.8, 4) is 11.5 Å². The van der Waals surface area contributed by atoms with Gasteiger partial charge in [-0.1, -0.05) is 30.3 Å². The van der Waals surface area contributed by atoms with E-state index in [-0.39, 0.29) is 12.0 Å². The maximum atomic E-state index is 12.1. The van der Waals surface area contributed by atoms with E-state index >= 15 is 0 Å². The molecule has 26 heavy (non-hydrogen) atoms. The molecule has 1 aliphatic rings. The molecular weight excluding hydrogens is 330 g/mol. The van der Waals surface area contributed by atoms with Crippen molar-refractivity contribution in [3.05, 3.63) is 65.2 Å². The van der Waals surface area contributed by atoms with Crippen molar-refractivity contribution in [2.75, 3.05) is 20.8 Å². The first-order valence-corrected chi connectivity index (χ1v) is 8.56. The SMILES string of the molecule is COc1ccc(/C=C/C(=O)NCC2Cc3ccccc3CO2)cc1OC. The maximum absolute atomic E-state index is 12.1. The molecule has 2 aromatic carbocycles. The van der Waals surface area contributed by atoms with Crippen LogP contribution in [0.1, 0.15) is 16.7 Å². The summed E-state index contributed by atoms with van der Waals surface area (Å²) < 4.78 is 16.3. The quantitative estimate of drug-likeness (QED) is 0.811. The molecule has 0 aromatic heterocycles. The van der Waals surface area contributed by atoms with Crippen LogP contribution in [-0.2, 0) is 22.6 Å². The van der Waals surface area contributed by atoms with Gasteiger partial charge in [0.1, 0.15) is 0 Å². The van der Waals surface area contributed by atoms with Crippen molar-refractivity contribution in [1.29, 1.82) is 0 Å². The monoisotopic (exact) mass is 353 g/mol. The molecule has 0 bridgehead atoms. The first-order valence-electron chi connectivity index (χ1n) is 8.56. The van der Waals surface area contributed by atoms with E-state index in [1.807, 2.05) is 30.3 Å². The number of fused-ring (bicyclic) bond motifs is 1. The number of rotatable bonds is 6. The average molecular weight is 353 g/mol. The Kier molecular flexibility index (Phi) is 5.92. The summed E-state index contributed by atoms with van der Waals surface area (Å²) in [6.07, 6.45) is 4.07. The highest BCUT2D eigenvalue weighted by atomic mass is 16.5. The molecule has 0 saturated carbocycles. The number of methoxy groups -OCH3 is 2. The van der Waals surface area contributed by atoms with Crippen molar-refractivity contribution < 1.29 is 19.0 Å². The number of amides is 1. The third-order valence-corrected chi connectivity index (χ3v) is 4.38. The third-order valence-electron chi connectivity index (χ3n) is 4.38. The van der Waals surface area contributed by atoms with Gasteiger partial charge in [-0.3, -0.25) is 4.79 Å². The van der Waals surface area contributed by atoms with Gasteiger partial charge in [-0.2, -0.15) is 0 Å². The van der Waals surface area contributed by atoms with Crippen LogP contribution < -0.4 is 14.8 Å². The summed E-state index contributed by atoms with van der Waals surface area (Å²) >= 11 is 0. The molecule has 0 aliphatic carbocycles. The Morgan fingerprint density at radius 1 is 1.15 bits per heavy atom. The highest BCUT2D eigenvalue weighted by Crippen LogP contribution is 2.28. The molecule has 1 atom stereocenters. The summed E-state index contributed by atoms with van der Waals surface area (Å²) in [5.41, 5.74) is 3.38. The fourth-order valence-corrected chi connectivity index (χ4v) is 2.94. The minimum atomic E-state index is -0.151. The standard InChI is InChI=1S/C21H23NO4/c1-24-19-9-7-15(11-20(19)25-2)8-10-21(23)22-13-18-12-16-5-3-4-6-17(16)14-26-18/h3-11,18H,12-14H2,1-2H3,(H,22,23)/b10-8+.